The van der Waals surface area contributed by atoms with Gasteiger partial charge < -0.3 is 5.73 Å². The minimum absolute atomic E-state index is 0.349. The number of likely N-dealkylation sites (tertiary alicyclic amines) is 1. The smallest absolute Gasteiger partial charge is 0.0126 e. The van der Waals surface area contributed by atoms with E-state index < -0.39 is 0 Å². The molecule has 0 radical (unpaired) electrons. The van der Waals surface area contributed by atoms with E-state index in [2.05, 4.69) is 18.7 Å². The van der Waals surface area contributed by atoms with Crippen LogP contribution in [0.5, 0.6) is 0 Å². The molecule has 2 heteroatoms. The van der Waals surface area contributed by atoms with E-state index in [1.54, 1.807) is 0 Å². The van der Waals surface area contributed by atoms with Crippen LogP contribution in [-0.4, -0.2) is 29.6 Å². The van der Waals surface area contributed by atoms with Crippen LogP contribution >= 0.6 is 0 Å². The highest BCUT2D eigenvalue weighted by molar-refractivity contribution is 4.91. The third-order valence-corrected chi connectivity index (χ3v) is 4.32. The van der Waals surface area contributed by atoms with Crippen molar-refractivity contribution in [3.8, 4) is 0 Å². The molecule has 0 aromatic rings. The topological polar surface area (TPSA) is 29.3 Å². The van der Waals surface area contributed by atoms with Gasteiger partial charge in [-0.15, -0.1) is 0 Å². The number of hydrogen-bond donors (Lipinski definition) is 1. The van der Waals surface area contributed by atoms with Gasteiger partial charge >= 0.3 is 0 Å². The fourth-order valence-corrected chi connectivity index (χ4v) is 3.71. The number of nitrogens with two attached hydrogens (primary N) is 1. The molecule has 2 aliphatic rings. The van der Waals surface area contributed by atoms with Crippen molar-refractivity contribution in [2.45, 2.75) is 70.5 Å². The number of fused-ring (bicyclic) bond motifs is 1. The molecule has 2 N–H and O–H groups in total. The lowest BCUT2D eigenvalue weighted by Gasteiger charge is -2.42. The molecule has 0 aromatic heterocycles. The molecule has 2 nitrogen and oxygen atoms in total. The first kappa shape index (κ1) is 11.4. The number of hydrogen-bond acceptors (Lipinski definition) is 2. The van der Waals surface area contributed by atoms with Crippen LogP contribution in [-0.2, 0) is 0 Å². The van der Waals surface area contributed by atoms with Gasteiger partial charge in [0.25, 0.3) is 0 Å². The molecule has 4 atom stereocenters. The molecule has 1 aliphatic heterocycles. The monoisotopic (exact) mass is 210 g/mol. The van der Waals surface area contributed by atoms with E-state index in [0.29, 0.717) is 12.1 Å². The summed E-state index contributed by atoms with van der Waals surface area (Å²) in [7, 11) is 0. The Morgan fingerprint density at radius 2 is 1.93 bits per heavy atom. The van der Waals surface area contributed by atoms with Crippen molar-refractivity contribution in [2.24, 2.45) is 11.7 Å². The van der Waals surface area contributed by atoms with Gasteiger partial charge in [-0.2, -0.15) is 0 Å². The van der Waals surface area contributed by atoms with E-state index in [-0.39, 0.29) is 0 Å². The number of nitrogens with zero attached hydrogens (tertiary/aromatic N) is 1. The molecular weight excluding hydrogens is 184 g/mol. The van der Waals surface area contributed by atoms with Crippen molar-refractivity contribution in [3.05, 3.63) is 0 Å². The second kappa shape index (κ2) is 4.84. The lowest BCUT2D eigenvalue weighted by Crippen LogP contribution is -2.48. The van der Waals surface area contributed by atoms with Crippen LogP contribution in [0.1, 0.15) is 52.4 Å². The first-order chi connectivity index (χ1) is 7.18. The quantitative estimate of drug-likeness (QED) is 0.775. The molecule has 88 valence electrons. The van der Waals surface area contributed by atoms with Crippen molar-refractivity contribution in [2.75, 3.05) is 6.54 Å². The van der Waals surface area contributed by atoms with Crippen LogP contribution in [0.15, 0.2) is 0 Å². The average Bonchev–Trinajstić information content (AvgIpc) is 2.63. The molecule has 4 unspecified atom stereocenters. The summed E-state index contributed by atoms with van der Waals surface area (Å²) in [6.07, 6.45) is 8.41. The molecule has 1 saturated carbocycles. The fourth-order valence-electron chi connectivity index (χ4n) is 3.71. The molecule has 0 bridgehead atoms. The summed E-state index contributed by atoms with van der Waals surface area (Å²) >= 11 is 0. The number of piperidine rings is 1. The van der Waals surface area contributed by atoms with Crippen LogP contribution in [0.3, 0.4) is 0 Å². The zero-order valence-electron chi connectivity index (χ0n) is 10.3. The van der Waals surface area contributed by atoms with Crippen LogP contribution in [0.25, 0.3) is 0 Å². The first-order valence-electron chi connectivity index (χ1n) is 6.70. The van der Waals surface area contributed by atoms with Crippen LogP contribution in [0, 0.1) is 5.92 Å². The average molecular weight is 210 g/mol. The van der Waals surface area contributed by atoms with Gasteiger partial charge in [-0.1, -0.05) is 6.42 Å². The minimum Gasteiger partial charge on any atom is -0.328 e. The van der Waals surface area contributed by atoms with E-state index in [4.69, 9.17) is 5.73 Å². The third kappa shape index (κ3) is 2.54. The molecule has 1 aliphatic carbocycles. The zero-order chi connectivity index (χ0) is 10.8. The summed E-state index contributed by atoms with van der Waals surface area (Å²) in [4.78, 5) is 2.75. The Bertz CT molecular complexity index is 203. The molecule has 2 rings (SSSR count). The highest BCUT2D eigenvalue weighted by atomic mass is 15.2. The van der Waals surface area contributed by atoms with E-state index in [0.717, 1.165) is 18.4 Å². The van der Waals surface area contributed by atoms with E-state index in [1.807, 2.05) is 0 Å². The van der Waals surface area contributed by atoms with Gasteiger partial charge in [0.1, 0.15) is 0 Å². The normalized spacial score (nSPS) is 36.2. The van der Waals surface area contributed by atoms with Crippen LogP contribution < -0.4 is 5.73 Å². The van der Waals surface area contributed by atoms with Gasteiger partial charge in [0.15, 0.2) is 0 Å². The van der Waals surface area contributed by atoms with Crippen molar-refractivity contribution in [1.82, 2.24) is 4.90 Å². The van der Waals surface area contributed by atoms with Gasteiger partial charge in [0.2, 0.25) is 0 Å². The van der Waals surface area contributed by atoms with Crippen LogP contribution in [0.2, 0.25) is 0 Å². The molecule has 2 fully saturated rings. The lowest BCUT2D eigenvalue weighted by molar-refractivity contribution is 0.0687. The van der Waals surface area contributed by atoms with Crippen LogP contribution in [0.4, 0.5) is 0 Å². The molecular formula is C13H26N2. The highest BCUT2D eigenvalue weighted by Crippen LogP contribution is 2.38. The summed E-state index contributed by atoms with van der Waals surface area (Å²) < 4.78 is 0. The van der Waals surface area contributed by atoms with Gasteiger partial charge in [0, 0.05) is 18.1 Å². The Balaban J connectivity index is 1.94. The maximum absolute atomic E-state index is 5.91. The van der Waals surface area contributed by atoms with Gasteiger partial charge in [-0.25, -0.2) is 0 Å². The predicted octanol–water partition coefficient (Wildman–Crippen LogP) is 2.38. The van der Waals surface area contributed by atoms with E-state index >= 15 is 0 Å². The second-order valence-electron chi connectivity index (χ2n) is 5.70. The maximum Gasteiger partial charge on any atom is 0.0126 e. The summed E-state index contributed by atoms with van der Waals surface area (Å²) in [5, 5.41) is 0. The fraction of sp³-hybridized carbons (Fsp3) is 1.00. The predicted molar refractivity (Wildman–Crippen MR) is 64.8 cm³/mol. The van der Waals surface area contributed by atoms with E-state index in [1.165, 1.54) is 38.6 Å². The lowest BCUT2D eigenvalue weighted by atomic mass is 9.90. The molecule has 0 amide bonds. The van der Waals surface area contributed by atoms with E-state index in [9.17, 15) is 0 Å². The van der Waals surface area contributed by atoms with Crippen molar-refractivity contribution in [3.63, 3.8) is 0 Å². The standard InChI is InChI=1S/C13H26N2/c1-10(14)9-11(2)15-8-4-6-12-5-3-7-13(12)15/h10-13H,3-9,14H2,1-2H3. The summed E-state index contributed by atoms with van der Waals surface area (Å²) in [6, 6.07) is 1.94. The third-order valence-electron chi connectivity index (χ3n) is 4.32. The first-order valence-corrected chi connectivity index (χ1v) is 6.70. The minimum atomic E-state index is 0.349. The molecule has 1 heterocycles. The van der Waals surface area contributed by atoms with Gasteiger partial charge in [-0.3, -0.25) is 4.90 Å². The Labute approximate surface area is 94.2 Å². The van der Waals surface area contributed by atoms with Crippen molar-refractivity contribution in [1.29, 1.82) is 0 Å². The Kier molecular flexibility index (Phi) is 3.68. The molecule has 1 saturated heterocycles. The Hall–Kier alpha value is -0.0800. The van der Waals surface area contributed by atoms with Crippen molar-refractivity contribution >= 4 is 0 Å². The SMILES string of the molecule is CC(N)CC(C)N1CCCC2CCCC21. The molecule has 0 spiro atoms. The molecule has 15 heavy (non-hydrogen) atoms. The Morgan fingerprint density at radius 3 is 2.67 bits per heavy atom. The zero-order valence-corrected chi connectivity index (χ0v) is 10.3. The largest absolute Gasteiger partial charge is 0.328 e. The number of rotatable bonds is 3. The van der Waals surface area contributed by atoms with Crippen molar-refractivity contribution < 1.29 is 0 Å². The summed E-state index contributed by atoms with van der Waals surface area (Å²) in [6.45, 7) is 5.81. The highest BCUT2D eigenvalue weighted by Gasteiger charge is 2.36. The Morgan fingerprint density at radius 1 is 1.20 bits per heavy atom. The van der Waals surface area contributed by atoms with Gasteiger partial charge in [0.05, 0.1) is 0 Å². The maximum atomic E-state index is 5.91. The molecule has 0 aromatic carbocycles. The summed E-state index contributed by atoms with van der Waals surface area (Å²) in [5.74, 6) is 1.01. The second-order valence-corrected chi connectivity index (χ2v) is 5.70. The summed E-state index contributed by atoms with van der Waals surface area (Å²) in [5.41, 5.74) is 5.91. The van der Waals surface area contributed by atoms with Gasteiger partial charge in [-0.05, 0) is 58.4 Å².